The highest BCUT2D eigenvalue weighted by Gasteiger charge is 2.24. The molecule has 0 saturated heterocycles. The SMILES string of the molecule is CCCCN(C(=O)c1cccnc1)[N+](=O)[O-]. The topological polar surface area (TPSA) is 76.3 Å². The van der Waals surface area contributed by atoms with Crippen LogP contribution in [0, 0.1) is 10.1 Å². The number of amides is 1. The van der Waals surface area contributed by atoms with E-state index in [4.69, 9.17) is 0 Å². The number of carbonyl (C=O) groups excluding carboxylic acids is 1. The fourth-order valence-corrected chi connectivity index (χ4v) is 1.20. The molecule has 1 heterocycles. The number of aromatic nitrogens is 1. The van der Waals surface area contributed by atoms with E-state index in [-0.39, 0.29) is 12.1 Å². The van der Waals surface area contributed by atoms with Crippen molar-refractivity contribution < 1.29 is 9.83 Å². The first-order valence-electron chi connectivity index (χ1n) is 5.03. The van der Waals surface area contributed by atoms with Crippen LogP contribution in [0.3, 0.4) is 0 Å². The number of nitrogens with zero attached hydrogens (tertiary/aromatic N) is 3. The van der Waals surface area contributed by atoms with Gasteiger partial charge >= 0.3 is 5.91 Å². The number of hydrogen-bond donors (Lipinski definition) is 0. The molecule has 0 aromatic carbocycles. The monoisotopic (exact) mass is 223 g/mol. The van der Waals surface area contributed by atoms with Crippen LogP contribution in [0.1, 0.15) is 30.1 Å². The lowest BCUT2D eigenvalue weighted by atomic mass is 10.2. The Bertz CT molecular complexity index is 367. The highest BCUT2D eigenvalue weighted by Crippen LogP contribution is 2.04. The molecule has 16 heavy (non-hydrogen) atoms. The van der Waals surface area contributed by atoms with Crippen LogP contribution >= 0.6 is 0 Å². The predicted octanol–water partition coefficient (Wildman–Crippen LogP) is 1.52. The zero-order chi connectivity index (χ0) is 12.0. The van der Waals surface area contributed by atoms with Crippen molar-refractivity contribution in [2.45, 2.75) is 19.8 Å². The molecule has 0 N–H and O–H groups in total. The van der Waals surface area contributed by atoms with Crippen molar-refractivity contribution in [2.24, 2.45) is 0 Å². The number of nitro groups is 1. The number of unbranched alkanes of at least 4 members (excludes halogenated alkanes) is 1. The minimum absolute atomic E-state index is 0.122. The normalized spacial score (nSPS) is 9.81. The van der Waals surface area contributed by atoms with Crippen molar-refractivity contribution in [1.29, 1.82) is 0 Å². The molecule has 0 radical (unpaired) electrons. The van der Waals surface area contributed by atoms with Gasteiger partial charge in [-0.15, -0.1) is 0 Å². The van der Waals surface area contributed by atoms with Gasteiger partial charge in [0.15, 0.2) is 5.03 Å². The van der Waals surface area contributed by atoms with Crippen LogP contribution in [0.15, 0.2) is 24.5 Å². The third-order valence-corrected chi connectivity index (χ3v) is 2.06. The Kier molecular flexibility index (Phi) is 4.38. The summed E-state index contributed by atoms with van der Waals surface area (Å²) in [7, 11) is 0. The maximum Gasteiger partial charge on any atom is 0.315 e. The Labute approximate surface area is 93.0 Å². The molecule has 0 unspecified atom stereocenters. The van der Waals surface area contributed by atoms with Gasteiger partial charge in [0, 0.05) is 12.4 Å². The molecule has 1 aromatic heterocycles. The number of pyridine rings is 1. The molecule has 1 aromatic rings. The highest BCUT2D eigenvalue weighted by molar-refractivity contribution is 5.92. The van der Waals surface area contributed by atoms with Crippen LogP contribution in [0.4, 0.5) is 0 Å². The lowest BCUT2D eigenvalue weighted by Crippen LogP contribution is -2.37. The molecular formula is C10H13N3O3. The van der Waals surface area contributed by atoms with Gasteiger partial charge in [0.05, 0.1) is 12.1 Å². The van der Waals surface area contributed by atoms with Gasteiger partial charge in [-0.1, -0.05) is 18.4 Å². The van der Waals surface area contributed by atoms with Crippen molar-refractivity contribution in [3.05, 3.63) is 40.2 Å². The van der Waals surface area contributed by atoms with Gasteiger partial charge < -0.3 is 0 Å². The smallest absolute Gasteiger partial charge is 0.264 e. The van der Waals surface area contributed by atoms with Gasteiger partial charge in [-0.05, 0) is 18.6 Å². The minimum Gasteiger partial charge on any atom is -0.264 e. The van der Waals surface area contributed by atoms with E-state index in [1.54, 1.807) is 6.07 Å². The van der Waals surface area contributed by atoms with E-state index < -0.39 is 10.9 Å². The van der Waals surface area contributed by atoms with E-state index in [1.807, 2.05) is 6.92 Å². The lowest BCUT2D eigenvalue weighted by Gasteiger charge is -2.11. The van der Waals surface area contributed by atoms with Gasteiger partial charge in [-0.25, -0.2) is 10.1 Å². The number of hydrogen-bond acceptors (Lipinski definition) is 4. The molecule has 1 amide bonds. The van der Waals surface area contributed by atoms with Gasteiger partial charge in [0.25, 0.3) is 0 Å². The average Bonchev–Trinajstić information content (AvgIpc) is 2.30. The highest BCUT2D eigenvalue weighted by atomic mass is 16.7. The standard InChI is InChI=1S/C10H13N3O3/c1-2-3-7-12(13(15)16)10(14)9-5-4-6-11-8-9/h4-6,8H,2-3,7H2,1H3. The second kappa shape index (κ2) is 5.79. The van der Waals surface area contributed by atoms with Crippen LogP contribution in [0.2, 0.25) is 0 Å². The first-order chi connectivity index (χ1) is 7.66. The maximum absolute atomic E-state index is 11.7. The first-order valence-corrected chi connectivity index (χ1v) is 5.03. The van der Waals surface area contributed by atoms with Crippen molar-refractivity contribution in [3.63, 3.8) is 0 Å². The summed E-state index contributed by atoms with van der Waals surface area (Å²) in [5, 5.41) is 10.7. The fraction of sp³-hybridized carbons (Fsp3) is 0.400. The Morgan fingerprint density at radius 2 is 2.38 bits per heavy atom. The molecule has 0 spiro atoms. The van der Waals surface area contributed by atoms with E-state index in [9.17, 15) is 14.9 Å². The van der Waals surface area contributed by atoms with Crippen molar-refractivity contribution in [2.75, 3.05) is 6.54 Å². The molecule has 0 saturated carbocycles. The summed E-state index contributed by atoms with van der Waals surface area (Å²) in [5.74, 6) is -0.619. The van der Waals surface area contributed by atoms with Gasteiger partial charge in [-0.2, -0.15) is 0 Å². The molecular weight excluding hydrogens is 210 g/mol. The summed E-state index contributed by atoms with van der Waals surface area (Å²) < 4.78 is 0. The Morgan fingerprint density at radius 1 is 1.62 bits per heavy atom. The molecule has 6 nitrogen and oxygen atoms in total. The van der Waals surface area contributed by atoms with Crippen molar-refractivity contribution in [3.8, 4) is 0 Å². The molecule has 0 bridgehead atoms. The Balaban J connectivity index is 2.79. The van der Waals surface area contributed by atoms with Crippen molar-refractivity contribution >= 4 is 5.91 Å². The lowest BCUT2D eigenvalue weighted by molar-refractivity contribution is -0.632. The van der Waals surface area contributed by atoms with E-state index in [1.165, 1.54) is 18.5 Å². The molecule has 0 fully saturated rings. The van der Waals surface area contributed by atoms with E-state index >= 15 is 0 Å². The largest absolute Gasteiger partial charge is 0.315 e. The molecule has 0 atom stereocenters. The average molecular weight is 223 g/mol. The van der Waals surface area contributed by atoms with Crippen LogP contribution in [0.25, 0.3) is 0 Å². The van der Waals surface area contributed by atoms with Crippen molar-refractivity contribution in [1.82, 2.24) is 9.99 Å². The van der Waals surface area contributed by atoms with Crippen LogP contribution < -0.4 is 0 Å². The zero-order valence-electron chi connectivity index (χ0n) is 9.00. The van der Waals surface area contributed by atoms with Crippen LogP contribution in [-0.4, -0.2) is 27.5 Å². The second-order valence-electron chi connectivity index (χ2n) is 3.26. The number of hydrazine groups is 1. The third kappa shape index (κ3) is 3.01. The van der Waals surface area contributed by atoms with Gasteiger partial charge in [-0.3, -0.25) is 9.78 Å². The quantitative estimate of drug-likeness (QED) is 0.560. The Hall–Kier alpha value is -1.98. The van der Waals surface area contributed by atoms with Gasteiger partial charge in [0.2, 0.25) is 0 Å². The fourth-order valence-electron chi connectivity index (χ4n) is 1.20. The molecule has 0 aliphatic carbocycles. The summed E-state index contributed by atoms with van der Waals surface area (Å²) in [5.41, 5.74) is 0.232. The number of carbonyl (C=O) groups is 1. The van der Waals surface area contributed by atoms with E-state index in [0.29, 0.717) is 11.4 Å². The molecule has 1 rings (SSSR count). The van der Waals surface area contributed by atoms with Crippen LogP contribution in [0.5, 0.6) is 0 Å². The van der Waals surface area contributed by atoms with E-state index in [0.717, 1.165) is 6.42 Å². The summed E-state index contributed by atoms with van der Waals surface area (Å²) in [6.45, 7) is 2.03. The first kappa shape index (κ1) is 12.1. The zero-order valence-corrected chi connectivity index (χ0v) is 9.00. The molecule has 0 aliphatic rings. The third-order valence-electron chi connectivity index (χ3n) is 2.06. The molecule has 0 aliphatic heterocycles. The number of rotatable bonds is 5. The summed E-state index contributed by atoms with van der Waals surface area (Å²) in [6, 6.07) is 3.09. The van der Waals surface area contributed by atoms with Gasteiger partial charge in [0.1, 0.15) is 0 Å². The second-order valence-corrected chi connectivity index (χ2v) is 3.26. The summed E-state index contributed by atoms with van der Waals surface area (Å²) >= 11 is 0. The maximum atomic E-state index is 11.7. The summed E-state index contributed by atoms with van der Waals surface area (Å²) in [4.78, 5) is 26.2. The summed E-state index contributed by atoms with van der Waals surface area (Å²) in [6.07, 6.45) is 4.24. The molecule has 86 valence electrons. The Morgan fingerprint density at radius 3 is 2.88 bits per heavy atom. The van der Waals surface area contributed by atoms with E-state index in [2.05, 4.69) is 4.98 Å². The minimum atomic E-state index is -0.676. The predicted molar refractivity (Wildman–Crippen MR) is 57.2 cm³/mol. The van der Waals surface area contributed by atoms with Crippen LogP contribution in [-0.2, 0) is 0 Å². The molecule has 6 heteroatoms.